The number of ether oxygens (including phenoxy) is 2. The van der Waals surface area contributed by atoms with Crippen LogP contribution in [0.1, 0.15) is 12.5 Å². The van der Waals surface area contributed by atoms with Crippen molar-refractivity contribution in [1.82, 2.24) is 0 Å². The van der Waals surface area contributed by atoms with Crippen LogP contribution in [-0.4, -0.2) is 19.2 Å². The van der Waals surface area contributed by atoms with Gasteiger partial charge < -0.3 is 9.47 Å². The van der Waals surface area contributed by atoms with Gasteiger partial charge in [0.15, 0.2) is 6.10 Å². The summed E-state index contributed by atoms with van der Waals surface area (Å²) in [6.07, 6.45) is -0.449. The summed E-state index contributed by atoms with van der Waals surface area (Å²) < 4.78 is 10.00. The van der Waals surface area contributed by atoms with Crippen molar-refractivity contribution in [2.45, 2.75) is 18.6 Å². The molecule has 1 aliphatic heterocycles. The van der Waals surface area contributed by atoms with Crippen molar-refractivity contribution >= 4 is 5.97 Å². The van der Waals surface area contributed by atoms with Gasteiger partial charge in [0.05, 0.1) is 7.11 Å². The zero-order chi connectivity index (χ0) is 10.2. The first-order valence-corrected chi connectivity index (χ1v) is 4.49. The lowest BCUT2D eigenvalue weighted by atomic mass is 9.98. The van der Waals surface area contributed by atoms with E-state index in [0.29, 0.717) is 0 Å². The van der Waals surface area contributed by atoms with Crippen molar-refractivity contribution in [2.24, 2.45) is 0 Å². The average molecular weight is 192 g/mol. The molecule has 1 aromatic rings. The molecule has 3 nitrogen and oxygen atoms in total. The molecule has 2 atom stereocenters. The molecule has 1 aliphatic rings. The first-order valence-electron chi connectivity index (χ1n) is 4.49. The predicted octanol–water partition coefficient (Wildman–Crippen LogP) is 1.47. The van der Waals surface area contributed by atoms with Gasteiger partial charge >= 0.3 is 5.97 Å². The van der Waals surface area contributed by atoms with Gasteiger partial charge in [-0.3, -0.25) is 0 Å². The number of esters is 1. The Kier molecular flexibility index (Phi) is 2.04. The number of hydrogen-bond acceptors (Lipinski definition) is 3. The zero-order valence-electron chi connectivity index (χ0n) is 8.19. The fraction of sp³-hybridized carbons (Fsp3) is 0.364. The standard InChI is InChI=1S/C11H12O3/c1-11(8-6-4-3-5-7-8)9(14-11)10(12)13-2/h3-7,9H,1-2H3/t9-,11-/m0/s1. The third-order valence-corrected chi connectivity index (χ3v) is 2.57. The maximum atomic E-state index is 11.2. The van der Waals surface area contributed by atoms with E-state index in [1.54, 1.807) is 0 Å². The molecule has 1 heterocycles. The molecular weight excluding hydrogens is 180 g/mol. The van der Waals surface area contributed by atoms with Gasteiger partial charge in [0.1, 0.15) is 5.60 Å². The number of hydrogen-bond donors (Lipinski definition) is 0. The fourth-order valence-corrected chi connectivity index (χ4v) is 1.58. The Bertz CT molecular complexity index is 347. The molecule has 0 saturated carbocycles. The zero-order valence-corrected chi connectivity index (χ0v) is 8.19. The Morgan fingerprint density at radius 2 is 2.07 bits per heavy atom. The molecule has 3 heteroatoms. The summed E-state index contributed by atoms with van der Waals surface area (Å²) in [5.41, 5.74) is 0.518. The average Bonchev–Trinajstić information content (AvgIpc) is 2.93. The van der Waals surface area contributed by atoms with Crippen LogP contribution in [-0.2, 0) is 19.9 Å². The van der Waals surface area contributed by atoms with E-state index in [1.807, 2.05) is 37.3 Å². The molecule has 0 aromatic heterocycles. The van der Waals surface area contributed by atoms with Gasteiger partial charge in [-0.05, 0) is 12.5 Å². The van der Waals surface area contributed by atoms with Crippen molar-refractivity contribution < 1.29 is 14.3 Å². The molecule has 0 N–H and O–H groups in total. The Balaban J connectivity index is 2.19. The first-order chi connectivity index (χ1) is 6.68. The highest BCUT2D eigenvalue weighted by molar-refractivity contribution is 5.79. The molecule has 0 aliphatic carbocycles. The minimum absolute atomic E-state index is 0.309. The molecule has 1 saturated heterocycles. The molecule has 1 aromatic carbocycles. The fourth-order valence-electron chi connectivity index (χ4n) is 1.58. The minimum atomic E-state index is -0.492. The molecular formula is C11H12O3. The summed E-state index contributed by atoms with van der Waals surface area (Å²) in [6, 6.07) is 9.68. The molecule has 0 amide bonds. The number of benzene rings is 1. The molecule has 1 fully saturated rings. The minimum Gasteiger partial charge on any atom is -0.467 e. The third-order valence-electron chi connectivity index (χ3n) is 2.57. The third kappa shape index (κ3) is 1.30. The second kappa shape index (κ2) is 3.10. The summed E-state index contributed by atoms with van der Waals surface area (Å²) in [7, 11) is 1.37. The molecule has 0 bridgehead atoms. The van der Waals surface area contributed by atoms with Crippen LogP contribution in [0.3, 0.4) is 0 Å². The number of epoxide rings is 1. The Labute approximate surface area is 82.6 Å². The Morgan fingerprint density at radius 3 is 2.64 bits per heavy atom. The summed E-state index contributed by atoms with van der Waals surface area (Å²) in [5.74, 6) is -0.309. The van der Waals surface area contributed by atoms with E-state index in [0.717, 1.165) is 5.56 Å². The number of methoxy groups -OCH3 is 1. The van der Waals surface area contributed by atoms with Gasteiger partial charge in [-0.1, -0.05) is 30.3 Å². The lowest BCUT2D eigenvalue weighted by Crippen LogP contribution is -2.17. The van der Waals surface area contributed by atoms with E-state index in [2.05, 4.69) is 4.74 Å². The van der Waals surface area contributed by atoms with Gasteiger partial charge in [-0.25, -0.2) is 4.79 Å². The number of rotatable bonds is 2. The van der Waals surface area contributed by atoms with Crippen LogP contribution in [0.4, 0.5) is 0 Å². The van der Waals surface area contributed by atoms with Gasteiger partial charge in [0.25, 0.3) is 0 Å². The summed E-state index contributed by atoms with van der Waals surface area (Å²) in [6.45, 7) is 1.89. The highest BCUT2D eigenvalue weighted by Crippen LogP contribution is 2.46. The SMILES string of the molecule is COC(=O)[C@@H]1O[C@@]1(C)c1ccccc1. The van der Waals surface area contributed by atoms with Crippen molar-refractivity contribution in [3.63, 3.8) is 0 Å². The summed E-state index contributed by atoms with van der Waals surface area (Å²) >= 11 is 0. The Hall–Kier alpha value is -1.35. The second-order valence-electron chi connectivity index (χ2n) is 3.49. The van der Waals surface area contributed by atoms with E-state index in [1.165, 1.54) is 7.11 Å². The second-order valence-corrected chi connectivity index (χ2v) is 3.49. The van der Waals surface area contributed by atoms with E-state index in [-0.39, 0.29) is 5.97 Å². The van der Waals surface area contributed by atoms with E-state index < -0.39 is 11.7 Å². The lowest BCUT2D eigenvalue weighted by Gasteiger charge is -2.04. The van der Waals surface area contributed by atoms with Crippen LogP contribution in [0.2, 0.25) is 0 Å². The summed E-state index contributed by atoms with van der Waals surface area (Å²) in [5, 5.41) is 0. The monoisotopic (exact) mass is 192 g/mol. The van der Waals surface area contributed by atoms with Gasteiger partial charge in [0, 0.05) is 0 Å². The highest BCUT2D eigenvalue weighted by Gasteiger charge is 2.59. The van der Waals surface area contributed by atoms with E-state index >= 15 is 0 Å². The molecule has 0 spiro atoms. The van der Waals surface area contributed by atoms with Crippen molar-refractivity contribution in [3.8, 4) is 0 Å². The van der Waals surface area contributed by atoms with Crippen LogP contribution >= 0.6 is 0 Å². The largest absolute Gasteiger partial charge is 0.467 e. The van der Waals surface area contributed by atoms with Crippen LogP contribution in [0, 0.1) is 0 Å². The molecule has 14 heavy (non-hydrogen) atoms. The lowest BCUT2D eigenvalue weighted by molar-refractivity contribution is -0.142. The van der Waals surface area contributed by atoms with Crippen molar-refractivity contribution in [1.29, 1.82) is 0 Å². The predicted molar refractivity (Wildman–Crippen MR) is 50.7 cm³/mol. The number of carbonyl (C=O) groups excluding carboxylic acids is 1. The highest BCUT2D eigenvalue weighted by atomic mass is 16.6. The van der Waals surface area contributed by atoms with Crippen molar-refractivity contribution in [2.75, 3.05) is 7.11 Å². The topological polar surface area (TPSA) is 38.8 Å². The maximum Gasteiger partial charge on any atom is 0.338 e. The normalized spacial score (nSPS) is 29.7. The van der Waals surface area contributed by atoms with Gasteiger partial charge in [-0.2, -0.15) is 0 Å². The van der Waals surface area contributed by atoms with Gasteiger partial charge in [0.2, 0.25) is 0 Å². The van der Waals surface area contributed by atoms with E-state index in [9.17, 15) is 4.79 Å². The quantitative estimate of drug-likeness (QED) is 0.526. The summed E-state index contributed by atoms with van der Waals surface area (Å²) in [4.78, 5) is 11.2. The maximum absolute atomic E-state index is 11.2. The Morgan fingerprint density at radius 1 is 1.43 bits per heavy atom. The number of carbonyl (C=O) groups is 1. The molecule has 74 valence electrons. The van der Waals surface area contributed by atoms with Gasteiger partial charge in [-0.15, -0.1) is 0 Å². The first kappa shape index (κ1) is 9.21. The molecule has 2 rings (SSSR count). The molecule has 0 unspecified atom stereocenters. The van der Waals surface area contributed by atoms with Crippen LogP contribution in [0.25, 0.3) is 0 Å². The van der Waals surface area contributed by atoms with Crippen LogP contribution < -0.4 is 0 Å². The molecule has 0 radical (unpaired) electrons. The van der Waals surface area contributed by atoms with E-state index in [4.69, 9.17) is 4.74 Å². The van der Waals surface area contributed by atoms with Crippen LogP contribution in [0.5, 0.6) is 0 Å². The smallest absolute Gasteiger partial charge is 0.338 e. The van der Waals surface area contributed by atoms with Crippen molar-refractivity contribution in [3.05, 3.63) is 35.9 Å². The van der Waals surface area contributed by atoms with Crippen LogP contribution in [0.15, 0.2) is 30.3 Å².